The molecule has 1 heterocycles. The number of hydrogen-bond acceptors (Lipinski definition) is 2. The van der Waals surface area contributed by atoms with Crippen molar-refractivity contribution in [2.24, 2.45) is 0 Å². The van der Waals surface area contributed by atoms with Gasteiger partial charge < -0.3 is 5.11 Å². The molecule has 0 aliphatic heterocycles. The van der Waals surface area contributed by atoms with Gasteiger partial charge in [0.05, 0.1) is 11.1 Å². The Labute approximate surface area is 110 Å². The van der Waals surface area contributed by atoms with Gasteiger partial charge >= 0.3 is 0 Å². The maximum Gasteiger partial charge on any atom is 0.145 e. The van der Waals surface area contributed by atoms with Crippen LogP contribution in [0.1, 0.15) is 22.8 Å². The van der Waals surface area contributed by atoms with E-state index in [1.54, 1.807) is 24.5 Å². The van der Waals surface area contributed by atoms with E-state index in [0.717, 1.165) is 5.56 Å². The molecule has 0 saturated carbocycles. The molecule has 2 rings (SSSR count). The first-order valence-electron chi connectivity index (χ1n) is 5.61. The lowest BCUT2D eigenvalue weighted by Gasteiger charge is -2.13. The molecule has 2 aromatic rings. The Kier molecular flexibility index (Phi) is 3.94. The number of pyridine rings is 1. The quantitative estimate of drug-likeness (QED) is 0.922. The molecule has 0 aliphatic carbocycles. The average molecular weight is 266 g/mol. The lowest BCUT2D eigenvalue weighted by atomic mass is 9.99. The van der Waals surface area contributed by atoms with Crippen LogP contribution in [0.3, 0.4) is 0 Å². The van der Waals surface area contributed by atoms with Gasteiger partial charge in [0.2, 0.25) is 0 Å². The van der Waals surface area contributed by atoms with E-state index < -0.39 is 11.9 Å². The van der Waals surface area contributed by atoms with Gasteiger partial charge in [-0.2, -0.15) is 0 Å². The van der Waals surface area contributed by atoms with Crippen molar-refractivity contribution in [1.29, 1.82) is 0 Å². The van der Waals surface area contributed by atoms with Crippen LogP contribution in [-0.4, -0.2) is 10.1 Å². The summed E-state index contributed by atoms with van der Waals surface area (Å²) < 4.78 is 13.7. The van der Waals surface area contributed by atoms with Crippen molar-refractivity contribution in [3.63, 3.8) is 0 Å². The van der Waals surface area contributed by atoms with Gasteiger partial charge in [0.25, 0.3) is 0 Å². The van der Waals surface area contributed by atoms with Crippen molar-refractivity contribution >= 4 is 11.6 Å². The molecule has 1 atom stereocenters. The Bertz CT molecular complexity index is 559. The lowest BCUT2D eigenvalue weighted by molar-refractivity contribution is 0.176. The summed E-state index contributed by atoms with van der Waals surface area (Å²) in [6, 6.07) is 6.59. The highest BCUT2D eigenvalue weighted by Gasteiger charge is 2.15. The zero-order valence-electron chi connectivity index (χ0n) is 9.90. The molecule has 0 aliphatic rings. The van der Waals surface area contributed by atoms with E-state index in [9.17, 15) is 9.50 Å². The van der Waals surface area contributed by atoms with Crippen molar-refractivity contribution in [3.05, 3.63) is 64.2 Å². The van der Waals surface area contributed by atoms with E-state index in [4.69, 9.17) is 11.6 Å². The summed E-state index contributed by atoms with van der Waals surface area (Å²) in [5.74, 6) is -0.472. The molecule has 0 saturated heterocycles. The number of rotatable bonds is 3. The molecule has 1 aromatic carbocycles. The zero-order chi connectivity index (χ0) is 13.1. The number of halogens is 2. The van der Waals surface area contributed by atoms with E-state index in [0.29, 0.717) is 11.1 Å². The molecule has 0 spiro atoms. The molecule has 18 heavy (non-hydrogen) atoms. The van der Waals surface area contributed by atoms with Gasteiger partial charge in [0, 0.05) is 24.4 Å². The largest absolute Gasteiger partial charge is 0.388 e. The van der Waals surface area contributed by atoms with Crippen molar-refractivity contribution < 1.29 is 9.50 Å². The first-order chi connectivity index (χ1) is 8.59. The van der Waals surface area contributed by atoms with Gasteiger partial charge in [-0.05, 0) is 30.2 Å². The van der Waals surface area contributed by atoms with Crippen LogP contribution in [0.15, 0.2) is 36.7 Å². The summed E-state index contributed by atoms with van der Waals surface area (Å²) in [4.78, 5) is 3.97. The van der Waals surface area contributed by atoms with E-state index >= 15 is 0 Å². The van der Waals surface area contributed by atoms with Crippen LogP contribution >= 0.6 is 11.6 Å². The topological polar surface area (TPSA) is 33.1 Å². The molecule has 2 nitrogen and oxygen atoms in total. The summed E-state index contributed by atoms with van der Waals surface area (Å²) in [5, 5.41) is 10.2. The highest BCUT2D eigenvalue weighted by molar-refractivity contribution is 6.30. The summed E-state index contributed by atoms with van der Waals surface area (Å²) in [6.45, 7) is 1.88. The third-order valence-corrected chi connectivity index (χ3v) is 3.18. The fraction of sp³-hybridized carbons (Fsp3) is 0.214. The number of benzene rings is 1. The minimum atomic E-state index is -0.785. The number of aryl methyl sites for hydroxylation is 1. The van der Waals surface area contributed by atoms with Crippen LogP contribution in [0.4, 0.5) is 4.39 Å². The molecular weight excluding hydrogens is 253 g/mol. The highest BCUT2D eigenvalue weighted by Crippen LogP contribution is 2.24. The van der Waals surface area contributed by atoms with Gasteiger partial charge in [-0.25, -0.2) is 4.39 Å². The first-order valence-corrected chi connectivity index (χ1v) is 5.99. The third kappa shape index (κ3) is 2.68. The number of nitrogens with zero attached hydrogens (tertiary/aromatic N) is 1. The molecule has 0 bridgehead atoms. The molecule has 1 N–H and O–H groups in total. The Hall–Kier alpha value is -1.45. The zero-order valence-corrected chi connectivity index (χ0v) is 10.7. The predicted molar refractivity (Wildman–Crippen MR) is 69.0 cm³/mol. The average Bonchev–Trinajstić information content (AvgIpc) is 2.35. The van der Waals surface area contributed by atoms with Crippen LogP contribution < -0.4 is 0 Å². The fourth-order valence-corrected chi connectivity index (χ4v) is 2.04. The van der Waals surface area contributed by atoms with Crippen molar-refractivity contribution in [3.8, 4) is 0 Å². The minimum Gasteiger partial charge on any atom is -0.388 e. The summed E-state index contributed by atoms with van der Waals surface area (Å²) >= 11 is 5.71. The van der Waals surface area contributed by atoms with Gasteiger partial charge in [-0.1, -0.05) is 23.7 Å². The Morgan fingerprint density at radius 1 is 1.39 bits per heavy atom. The molecule has 1 unspecified atom stereocenters. The number of aliphatic hydroxyl groups excluding tert-OH is 1. The fourth-order valence-electron chi connectivity index (χ4n) is 1.85. The molecule has 1 aromatic heterocycles. The smallest absolute Gasteiger partial charge is 0.145 e. The Morgan fingerprint density at radius 3 is 2.89 bits per heavy atom. The van der Waals surface area contributed by atoms with Crippen LogP contribution in [0.25, 0.3) is 0 Å². The van der Waals surface area contributed by atoms with Crippen LogP contribution in [-0.2, 0) is 6.42 Å². The van der Waals surface area contributed by atoms with Crippen molar-refractivity contribution in [1.82, 2.24) is 4.98 Å². The molecule has 0 fully saturated rings. The number of hydrogen-bond donors (Lipinski definition) is 1. The Morgan fingerprint density at radius 2 is 2.17 bits per heavy atom. The molecule has 94 valence electrons. The maximum atomic E-state index is 13.7. The van der Waals surface area contributed by atoms with E-state index in [1.165, 1.54) is 6.07 Å². The van der Waals surface area contributed by atoms with Crippen LogP contribution in [0.2, 0.25) is 5.02 Å². The van der Waals surface area contributed by atoms with E-state index in [2.05, 4.69) is 4.98 Å². The van der Waals surface area contributed by atoms with Gasteiger partial charge in [-0.15, -0.1) is 0 Å². The second-order valence-electron chi connectivity index (χ2n) is 4.17. The number of aliphatic hydroxyl groups is 1. The van der Waals surface area contributed by atoms with Crippen molar-refractivity contribution in [2.45, 2.75) is 19.4 Å². The molecule has 4 heteroatoms. The van der Waals surface area contributed by atoms with Gasteiger partial charge in [-0.3, -0.25) is 4.98 Å². The lowest BCUT2D eigenvalue weighted by Crippen LogP contribution is -2.06. The summed E-state index contributed by atoms with van der Waals surface area (Å²) in [6.07, 6.45) is 2.65. The highest BCUT2D eigenvalue weighted by atomic mass is 35.5. The molecule has 0 radical (unpaired) electrons. The second-order valence-corrected chi connectivity index (χ2v) is 4.57. The Balaban J connectivity index is 2.24. The van der Waals surface area contributed by atoms with Crippen molar-refractivity contribution in [2.75, 3.05) is 0 Å². The maximum absolute atomic E-state index is 13.7. The predicted octanol–water partition coefficient (Wildman–Crippen LogP) is 3.46. The minimum absolute atomic E-state index is 0.0719. The first kappa shape index (κ1) is 13.0. The molecular formula is C14H13ClFNO. The van der Waals surface area contributed by atoms with Gasteiger partial charge in [0.1, 0.15) is 5.82 Å². The monoisotopic (exact) mass is 265 g/mol. The molecule has 0 amide bonds. The summed E-state index contributed by atoms with van der Waals surface area (Å²) in [5.41, 5.74) is 2.04. The number of aromatic nitrogens is 1. The van der Waals surface area contributed by atoms with Crippen LogP contribution in [0.5, 0.6) is 0 Å². The van der Waals surface area contributed by atoms with E-state index in [-0.39, 0.29) is 11.4 Å². The summed E-state index contributed by atoms with van der Waals surface area (Å²) in [7, 11) is 0. The second kappa shape index (κ2) is 5.46. The van der Waals surface area contributed by atoms with Gasteiger partial charge in [0.15, 0.2) is 0 Å². The normalized spacial score (nSPS) is 12.4. The third-order valence-electron chi connectivity index (χ3n) is 2.88. The van der Waals surface area contributed by atoms with E-state index in [1.807, 2.05) is 13.0 Å². The van der Waals surface area contributed by atoms with Crippen LogP contribution in [0, 0.1) is 12.7 Å². The standard InChI is InChI=1S/C14H13ClFNO/c1-9-5-6-17-8-11(9)13(18)7-10-3-2-4-12(15)14(10)16/h2-6,8,13,18H,7H2,1H3. The SMILES string of the molecule is Cc1ccncc1C(O)Cc1cccc(Cl)c1F.